The van der Waals surface area contributed by atoms with Crippen LogP contribution in [0.2, 0.25) is 0 Å². The van der Waals surface area contributed by atoms with E-state index >= 15 is 0 Å². The Kier molecular flexibility index (Phi) is 7.34. The van der Waals surface area contributed by atoms with E-state index in [0.717, 1.165) is 12.0 Å². The van der Waals surface area contributed by atoms with Gasteiger partial charge in [0.25, 0.3) is 5.91 Å². The SMILES string of the molecule is COc1ccc(NC(=O)c2ccccc2F)cc1N1CCCN(Cc2ccc(C(C)C)cc2)C1=O. The van der Waals surface area contributed by atoms with Crippen molar-refractivity contribution in [1.82, 2.24) is 4.90 Å². The molecule has 1 aliphatic rings. The molecule has 1 heterocycles. The Bertz CT molecular complexity index is 1210. The van der Waals surface area contributed by atoms with Crippen molar-refractivity contribution in [3.05, 3.63) is 89.2 Å². The van der Waals surface area contributed by atoms with Crippen LogP contribution >= 0.6 is 0 Å². The Labute approximate surface area is 205 Å². The van der Waals surface area contributed by atoms with E-state index in [1.54, 1.807) is 36.3 Å². The van der Waals surface area contributed by atoms with Gasteiger partial charge in [0, 0.05) is 25.3 Å². The first-order valence-electron chi connectivity index (χ1n) is 11.8. The lowest BCUT2D eigenvalue weighted by Gasteiger charge is -2.36. The number of rotatable bonds is 7. The molecule has 1 saturated heterocycles. The minimum atomic E-state index is -0.595. The van der Waals surface area contributed by atoms with E-state index in [4.69, 9.17) is 4.74 Å². The van der Waals surface area contributed by atoms with Gasteiger partial charge in [-0.2, -0.15) is 0 Å². The maximum absolute atomic E-state index is 14.0. The summed E-state index contributed by atoms with van der Waals surface area (Å²) in [7, 11) is 1.54. The van der Waals surface area contributed by atoms with E-state index in [9.17, 15) is 14.0 Å². The Morgan fingerprint density at radius 3 is 2.49 bits per heavy atom. The number of amides is 3. The van der Waals surface area contributed by atoms with Gasteiger partial charge in [-0.05, 0) is 53.8 Å². The van der Waals surface area contributed by atoms with Gasteiger partial charge in [-0.25, -0.2) is 9.18 Å². The predicted octanol–water partition coefficient (Wildman–Crippen LogP) is 6.04. The second-order valence-electron chi connectivity index (χ2n) is 8.93. The molecule has 0 radical (unpaired) electrons. The number of hydrogen-bond donors (Lipinski definition) is 1. The molecule has 0 unspecified atom stereocenters. The van der Waals surface area contributed by atoms with Crippen LogP contribution in [-0.4, -0.2) is 37.0 Å². The molecule has 35 heavy (non-hydrogen) atoms. The van der Waals surface area contributed by atoms with Crippen LogP contribution in [-0.2, 0) is 6.54 Å². The van der Waals surface area contributed by atoms with Crippen molar-refractivity contribution in [3.8, 4) is 5.75 Å². The van der Waals surface area contributed by atoms with Crippen LogP contribution in [0.5, 0.6) is 5.75 Å². The number of carbonyl (C=O) groups is 2. The zero-order valence-corrected chi connectivity index (χ0v) is 20.3. The predicted molar refractivity (Wildman–Crippen MR) is 136 cm³/mol. The van der Waals surface area contributed by atoms with Gasteiger partial charge in [-0.15, -0.1) is 0 Å². The van der Waals surface area contributed by atoms with Crippen molar-refractivity contribution in [2.24, 2.45) is 0 Å². The average Bonchev–Trinajstić information content (AvgIpc) is 2.86. The average molecular weight is 476 g/mol. The third-order valence-corrected chi connectivity index (χ3v) is 6.18. The van der Waals surface area contributed by atoms with Crippen LogP contribution in [0.4, 0.5) is 20.6 Å². The lowest BCUT2D eigenvalue weighted by molar-refractivity contribution is 0.102. The van der Waals surface area contributed by atoms with Crippen molar-refractivity contribution in [2.75, 3.05) is 30.4 Å². The number of ether oxygens (including phenoxy) is 1. The van der Waals surface area contributed by atoms with Crippen LogP contribution in [0, 0.1) is 5.82 Å². The van der Waals surface area contributed by atoms with Gasteiger partial charge in [-0.1, -0.05) is 50.2 Å². The minimum absolute atomic E-state index is 0.0476. The molecule has 3 amide bonds. The molecule has 1 aliphatic heterocycles. The van der Waals surface area contributed by atoms with Gasteiger partial charge in [0.2, 0.25) is 0 Å². The highest BCUT2D eigenvalue weighted by Crippen LogP contribution is 2.34. The van der Waals surface area contributed by atoms with Gasteiger partial charge in [-0.3, -0.25) is 9.69 Å². The molecule has 182 valence electrons. The monoisotopic (exact) mass is 475 g/mol. The molecular weight excluding hydrogens is 445 g/mol. The molecule has 1 N–H and O–H groups in total. The Morgan fingerprint density at radius 2 is 1.80 bits per heavy atom. The molecule has 3 aromatic carbocycles. The first-order valence-corrected chi connectivity index (χ1v) is 11.8. The molecule has 0 aliphatic carbocycles. The van der Waals surface area contributed by atoms with Crippen molar-refractivity contribution < 1.29 is 18.7 Å². The summed E-state index contributed by atoms with van der Waals surface area (Å²) in [5.41, 5.74) is 3.29. The first kappa shape index (κ1) is 24.3. The van der Waals surface area contributed by atoms with Crippen LogP contribution in [0.25, 0.3) is 0 Å². The lowest BCUT2D eigenvalue weighted by Crippen LogP contribution is -2.49. The van der Waals surface area contributed by atoms with Gasteiger partial charge in [0.1, 0.15) is 11.6 Å². The quantitative estimate of drug-likeness (QED) is 0.453. The fraction of sp³-hybridized carbons (Fsp3) is 0.286. The largest absolute Gasteiger partial charge is 0.495 e. The number of nitrogens with zero attached hydrogens (tertiary/aromatic N) is 2. The van der Waals surface area contributed by atoms with E-state index in [1.165, 1.54) is 23.8 Å². The second kappa shape index (κ2) is 10.6. The summed E-state index contributed by atoms with van der Waals surface area (Å²) >= 11 is 0. The van der Waals surface area contributed by atoms with Crippen molar-refractivity contribution >= 4 is 23.3 Å². The molecule has 1 fully saturated rings. The molecule has 7 heteroatoms. The molecule has 4 rings (SSSR count). The lowest BCUT2D eigenvalue weighted by atomic mass is 10.0. The second-order valence-corrected chi connectivity index (χ2v) is 8.93. The fourth-order valence-electron chi connectivity index (χ4n) is 4.20. The summed E-state index contributed by atoms with van der Waals surface area (Å²) in [5, 5.41) is 2.72. The van der Waals surface area contributed by atoms with E-state index in [-0.39, 0.29) is 11.6 Å². The third-order valence-electron chi connectivity index (χ3n) is 6.18. The summed E-state index contributed by atoms with van der Waals surface area (Å²) in [4.78, 5) is 29.5. The van der Waals surface area contributed by atoms with Gasteiger partial charge in [0.05, 0.1) is 18.4 Å². The highest BCUT2D eigenvalue weighted by molar-refractivity contribution is 6.05. The Hall–Kier alpha value is -3.87. The highest BCUT2D eigenvalue weighted by atomic mass is 19.1. The van der Waals surface area contributed by atoms with Gasteiger partial charge >= 0.3 is 6.03 Å². The molecule has 0 aromatic heterocycles. The smallest absolute Gasteiger partial charge is 0.324 e. The van der Waals surface area contributed by atoms with E-state index in [0.29, 0.717) is 42.7 Å². The number of anilines is 2. The zero-order valence-electron chi connectivity index (χ0n) is 20.3. The number of methoxy groups -OCH3 is 1. The van der Waals surface area contributed by atoms with Crippen molar-refractivity contribution in [1.29, 1.82) is 0 Å². The zero-order chi connectivity index (χ0) is 24.9. The van der Waals surface area contributed by atoms with Crippen molar-refractivity contribution in [2.45, 2.75) is 32.7 Å². The van der Waals surface area contributed by atoms with Crippen LogP contribution in [0.1, 0.15) is 47.7 Å². The summed E-state index contributed by atoms with van der Waals surface area (Å²) in [6, 6.07) is 19.1. The maximum Gasteiger partial charge on any atom is 0.324 e. The van der Waals surface area contributed by atoms with Gasteiger partial charge in [0.15, 0.2) is 0 Å². The van der Waals surface area contributed by atoms with Crippen LogP contribution in [0.15, 0.2) is 66.7 Å². The highest BCUT2D eigenvalue weighted by Gasteiger charge is 2.29. The summed E-state index contributed by atoms with van der Waals surface area (Å²) in [6.45, 7) is 6.01. The van der Waals surface area contributed by atoms with Crippen LogP contribution < -0.4 is 15.0 Å². The number of carbonyl (C=O) groups excluding carboxylic acids is 2. The molecule has 0 atom stereocenters. The molecule has 6 nitrogen and oxygen atoms in total. The third kappa shape index (κ3) is 5.45. The summed E-state index contributed by atoms with van der Waals surface area (Å²) in [5.74, 6) is -0.183. The minimum Gasteiger partial charge on any atom is -0.495 e. The fourth-order valence-corrected chi connectivity index (χ4v) is 4.20. The van der Waals surface area contributed by atoms with Crippen LogP contribution in [0.3, 0.4) is 0 Å². The summed E-state index contributed by atoms with van der Waals surface area (Å²) in [6.07, 6.45) is 0.796. The number of hydrogen-bond acceptors (Lipinski definition) is 3. The normalized spacial score (nSPS) is 13.8. The van der Waals surface area contributed by atoms with E-state index < -0.39 is 11.7 Å². The molecule has 0 saturated carbocycles. The van der Waals surface area contributed by atoms with E-state index in [1.807, 2.05) is 4.90 Å². The first-order chi connectivity index (χ1) is 16.9. The van der Waals surface area contributed by atoms with E-state index in [2.05, 4.69) is 43.4 Å². The van der Waals surface area contributed by atoms with Crippen molar-refractivity contribution in [3.63, 3.8) is 0 Å². The maximum atomic E-state index is 14.0. The molecule has 0 spiro atoms. The Morgan fingerprint density at radius 1 is 1.06 bits per heavy atom. The van der Waals surface area contributed by atoms with Gasteiger partial charge < -0.3 is 15.0 Å². The molecule has 3 aromatic rings. The molecular formula is C28H30FN3O3. The topological polar surface area (TPSA) is 61.9 Å². The Balaban J connectivity index is 1.54. The summed E-state index contributed by atoms with van der Waals surface area (Å²) < 4.78 is 19.5. The number of benzene rings is 3. The standard InChI is InChI=1S/C28H30FN3O3/c1-19(2)21-11-9-20(10-12-21)18-31-15-6-16-32(28(31)34)25-17-22(13-14-26(25)35-3)30-27(33)23-7-4-5-8-24(23)29/h4-5,7-14,17,19H,6,15-16,18H2,1-3H3,(H,30,33). The number of nitrogens with one attached hydrogen (secondary N) is 1. The number of halogens is 1. The molecule has 0 bridgehead atoms. The number of urea groups is 1.